The van der Waals surface area contributed by atoms with Crippen LogP contribution in [0, 0.1) is 0 Å². The molecule has 0 aliphatic carbocycles. The van der Waals surface area contributed by atoms with E-state index in [2.05, 4.69) is 67.5 Å². The van der Waals surface area contributed by atoms with Gasteiger partial charge < -0.3 is 13.8 Å². The zero-order valence-electron chi connectivity index (χ0n) is 39.0. The predicted octanol–water partition coefficient (Wildman–Crippen LogP) is 18.1. The van der Waals surface area contributed by atoms with Gasteiger partial charge >= 0.3 is 8.25 Å². The van der Waals surface area contributed by atoms with Gasteiger partial charge in [-0.1, -0.05) is 248 Å². The molecule has 0 bridgehead atoms. The van der Waals surface area contributed by atoms with Crippen LogP contribution >= 0.6 is 8.25 Å². The van der Waals surface area contributed by atoms with E-state index in [0.29, 0.717) is 13.2 Å². The van der Waals surface area contributed by atoms with Crippen LogP contribution < -0.4 is 4.74 Å². The normalized spacial score (nSPS) is 12.8. The van der Waals surface area contributed by atoms with E-state index in [4.69, 9.17) is 13.8 Å². The summed E-state index contributed by atoms with van der Waals surface area (Å²) in [7, 11) is -2.53. The van der Waals surface area contributed by atoms with Crippen molar-refractivity contribution in [2.45, 2.75) is 278 Å². The van der Waals surface area contributed by atoms with E-state index in [1.54, 1.807) is 0 Å². The summed E-state index contributed by atoms with van der Waals surface area (Å²) in [5.74, 6) is 1.03. The highest BCUT2D eigenvalue weighted by molar-refractivity contribution is 7.33. The molecule has 5 heteroatoms. The van der Waals surface area contributed by atoms with Crippen LogP contribution in [0.1, 0.15) is 278 Å². The SMILES string of the molecule is CCCCCCCCCCCCCCCCCCOc1c(C(C)(C)C)cc(CO[PH](=O)OCCCCCCCCCCCCCCCCCC)cc1C(C)(C)C. The molecule has 1 aromatic rings. The van der Waals surface area contributed by atoms with Crippen molar-refractivity contribution in [1.29, 1.82) is 0 Å². The summed E-state index contributed by atoms with van der Waals surface area (Å²) in [5.41, 5.74) is 3.27. The van der Waals surface area contributed by atoms with Gasteiger partial charge in [-0.15, -0.1) is 0 Å². The molecule has 0 radical (unpaired) electrons. The van der Waals surface area contributed by atoms with Gasteiger partial charge in [-0.3, -0.25) is 4.57 Å². The van der Waals surface area contributed by atoms with Crippen LogP contribution in [-0.2, 0) is 31.0 Å². The van der Waals surface area contributed by atoms with Crippen LogP contribution in [0.15, 0.2) is 12.1 Å². The second-order valence-electron chi connectivity index (χ2n) is 19.4. The fourth-order valence-electron chi connectivity index (χ4n) is 7.86. The number of hydrogen-bond acceptors (Lipinski definition) is 4. The van der Waals surface area contributed by atoms with Gasteiger partial charge in [0.1, 0.15) is 5.75 Å². The van der Waals surface area contributed by atoms with Gasteiger partial charge in [-0.05, 0) is 41.4 Å². The lowest BCUT2D eigenvalue weighted by Crippen LogP contribution is -2.21. The van der Waals surface area contributed by atoms with Crippen molar-refractivity contribution in [1.82, 2.24) is 0 Å². The lowest BCUT2D eigenvalue weighted by atomic mass is 9.78. The second-order valence-corrected chi connectivity index (χ2v) is 20.4. The number of unbranched alkanes of at least 4 members (excludes halogenated alkanes) is 30. The van der Waals surface area contributed by atoms with Crippen molar-refractivity contribution in [3.8, 4) is 5.75 Å². The molecule has 0 aliphatic heterocycles. The first kappa shape index (κ1) is 53.2. The Morgan fingerprint density at radius 3 is 1.00 bits per heavy atom. The first-order chi connectivity index (χ1) is 27.0. The van der Waals surface area contributed by atoms with E-state index in [0.717, 1.165) is 37.2 Å². The summed E-state index contributed by atoms with van der Waals surface area (Å²) in [6.07, 6.45) is 43.4. The molecule has 1 atom stereocenters. The maximum absolute atomic E-state index is 12.7. The molecule has 0 spiro atoms. The molecule has 0 fully saturated rings. The summed E-state index contributed by atoms with van der Waals surface area (Å²) < 4.78 is 30.8. The second kappa shape index (κ2) is 35.0. The first-order valence-electron chi connectivity index (χ1n) is 24.6. The average Bonchev–Trinajstić information content (AvgIpc) is 3.15. The van der Waals surface area contributed by atoms with Crippen molar-refractivity contribution in [2.75, 3.05) is 13.2 Å². The van der Waals surface area contributed by atoms with Crippen molar-refractivity contribution in [2.24, 2.45) is 0 Å². The van der Waals surface area contributed by atoms with Crippen molar-refractivity contribution >= 4 is 8.25 Å². The lowest BCUT2D eigenvalue weighted by molar-refractivity contribution is 0.215. The maximum atomic E-state index is 12.7. The molecule has 0 aromatic heterocycles. The Balaban J connectivity index is 2.30. The van der Waals surface area contributed by atoms with Crippen LogP contribution in [0.3, 0.4) is 0 Å². The molecule has 0 amide bonds. The summed E-state index contributed by atoms with van der Waals surface area (Å²) in [6, 6.07) is 4.42. The van der Waals surface area contributed by atoms with Gasteiger partial charge in [-0.2, -0.15) is 0 Å². The van der Waals surface area contributed by atoms with Gasteiger partial charge in [0.15, 0.2) is 0 Å². The minimum absolute atomic E-state index is 0.0883. The summed E-state index contributed by atoms with van der Waals surface area (Å²) >= 11 is 0. The Labute approximate surface area is 351 Å². The maximum Gasteiger partial charge on any atom is 0.319 e. The van der Waals surface area contributed by atoms with Crippen LogP contribution in [0.4, 0.5) is 0 Å². The average molecular weight is 805 g/mol. The topological polar surface area (TPSA) is 44.8 Å². The van der Waals surface area contributed by atoms with Gasteiger partial charge in [0.05, 0.1) is 19.8 Å². The lowest BCUT2D eigenvalue weighted by Gasteiger charge is -2.30. The number of benzene rings is 1. The zero-order chi connectivity index (χ0) is 41.2. The fourth-order valence-corrected chi connectivity index (χ4v) is 8.53. The number of rotatable bonds is 39. The highest BCUT2D eigenvalue weighted by Gasteiger charge is 2.28. The van der Waals surface area contributed by atoms with Gasteiger partial charge in [0.2, 0.25) is 0 Å². The third kappa shape index (κ3) is 29.4. The van der Waals surface area contributed by atoms with E-state index in [1.807, 2.05) is 0 Å². The standard InChI is InChI=1S/C51H97O4P/c1-9-11-13-15-17-19-21-23-25-27-29-31-33-35-37-39-41-53-49-47(50(3,4)5)43-46(44-48(49)51(6,7)8)45-55-56(52)54-42-40-38-36-34-32-30-28-26-24-22-20-18-16-14-12-10-2/h43-44,56H,9-42,45H2,1-8H3. The predicted molar refractivity (Wildman–Crippen MR) is 248 cm³/mol. The summed E-state index contributed by atoms with van der Waals surface area (Å²) in [5, 5.41) is 0. The molecule has 1 rings (SSSR count). The minimum Gasteiger partial charge on any atom is -0.493 e. The van der Waals surface area contributed by atoms with Gasteiger partial charge in [0.25, 0.3) is 0 Å². The molecule has 1 aromatic carbocycles. The van der Waals surface area contributed by atoms with E-state index in [-0.39, 0.29) is 10.8 Å². The molecule has 56 heavy (non-hydrogen) atoms. The molecule has 0 saturated heterocycles. The molecule has 0 N–H and O–H groups in total. The van der Waals surface area contributed by atoms with Crippen LogP contribution in [-0.4, -0.2) is 13.2 Å². The van der Waals surface area contributed by atoms with Crippen molar-refractivity contribution < 1.29 is 18.3 Å². The van der Waals surface area contributed by atoms with E-state index in [9.17, 15) is 4.57 Å². The van der Waals surface area contributed by atoms with E-state index >= 15 is 0 Å². The van der Waals surface area contributed by atoms with Crippen LogP contribution in [0.5, 0.6) is 5.75 Å². The highest BCUT2D eigenvalue weighted by atomic mass is 31.1. The molecule has 0 saturated carbocycles. The Morgan fingerprint density at radius 1 is 0.411 bits per heavy atom. The Hall–Kier alpha value is -0.830. The first-order valence-corrected chi connectivity index (χ1v) is 25.8. The van der Waals surface area contributed by atoms with Crippen LogP contribution in [0.2, 0.25) is 0 Å². The quantitative estimate of drug-likeness (QED) is 0.0491. The van der Waals surface area contributed by atoms with Crippen molar-refractivity contribution in [3.05, 3.63) is 28.8 Å². The molecular formula is C51H97O4P. The third-order valence-electron chi connectivity index (χ3n) is 11.6. The minimum atomic E-state index is -2.53. The summed E-state index contributed by atoms with van der Waals surface area (Å²) in [4.78, 5) is 0. The van der Waals surface area contributed by atoms with Crippen molar-refractivity contribution in [3.63, 3.8) is 0 Å². The third-order valence-corrected chi connectivity index (χ3v) is 12.4. The Morgan fingerprint density at radius 2 is 0.696 bits per heavy atom. The zero-order valence-corrected chi connectivity index (χ0v) is 40.0. The molecular weight excluding hydrogens is 708 g/mol. The molecule has 0 aliphatic rings. The van der Waals surface area contributed by atoms with Crippen LogP contribution in [0.25, 0.3) is 0 Å². The number of hydrogen-bond donors (Lipinski definition) is 0. The summed E-state index contributed by atoms with van der Waals surface area (Å²) in [6.45, 7) is 19.7. The van der Waals surface area contributed by atoms with Gasteiger partial charge in [-0.25, -0.2) is 0 Å². The smallest absolute Gasteiger partial charge is 0.319 e. The monoisotopic (exact) mass is 805 g/mol. The van der Waals surface area contributed by atoms with E-state index < -0.39 is 8.25 Å². The number of ether oxygens (including phenoxy) is 1. The molecule has 4 nitrogen and oxygen atoms in total. The Kier molecular flexibility index (Phi) is 33.2. The highest BCUT2D eigenvalue weighted by Crippen LogP contribution is 2.41. The van der Waals surface area contributed by atoms with Gasteiger partial charge in [0, 0.05) is 11.1 Å². The Bertz CT molecular complexity index is 1020. The molecule has 330 valence electrons. The molecule has 1 unspecified atom stereocenters. The largest absolute Gasteiger partial charge is 0.493 e. The fraction of sp³-hybridized carbons (Fsp3) is 0.882. The molecule has 0 heterocycles. The van der Waals surface area contributed by atoms with E-state index in [1.165, 1.54) is 197 Å².